The van der Waals surface area contributed by atoms with Crippen LogP contribution in [0.3, 0.4) is 0 Å². The Kier molecular flexibility index (Phi) is 5.07. The number of pyridine rings is 1. The van der Waals surface area contributed by atoms with Gasteiger partial charge in [0.25, 0.3) is 0 Å². The number of hydrogen-bond donors (Lipinski definition) is 1. The average Bonchev–Trinajstić information content (AvgIpc) is 3.39. The van der Waals surface area contributed by atoms with Gasteiger partial charge in [0.2, 0.25) is 5.91 Å². The fraction of sp³-hybridized carbons (Fsp3) is 0.381. The lowest BCUT2D eigenvalue weighted by atomic mass is 9.72. The van der Waals surface area contributed by atoms with E-state index in [1.807, 2.05) is 35.9 Å². The molecule has 3 aromatic heterocycles. The Hall–Kier alpha value is -2.47. The van der Waals surface area contributed by atoms with Gasteiger partial charge in [-0.2, -0.15) is 0 Å². The summed E-state index contributed by atoms with van der Waals surface area (Å²) in [5.41, 5.74) is 0.615. The zero-order valence-corrected chi connectivity index (χ0v) is 16.3. The van der Waals surface area contributed by atoms with Gasteiger partial charge in [-0.05, 0) is 37.3 Å². The van der Waals surface area contributed by atoms with Gasteiger partial charge in [0.1, 0.15) is 11.6 Å². The van der Waals surface area contributed by atoms with Crippen molar-refractivity contribution in [1.82, 2.24) is 19.9 Å². The second kappa shape index (κ2) is 7.64. The average molecular weight is 381 g/mol. The monoisotopic (exact) mass is 380 g/mol. The SMILES string of the molecule is Cc1nccn1-c1ncccc1CNC(=O)C1(c2cccs2)CCCCC1. The molecule has 1 aliphatic carbocycles. The van der Waals surface area contributed by atoms with Crippen LogP contribution in [0.15, 0.2) is 48.2 Å². The van der Waals surface area contributed by atoms with Gasteiger partial charge in [0.15, 0.2) is 0 Å². The second-order valence-corrected chi connectivity index (χ2v) is 8.08. The molecule has 6 heteroatoms. The third kappa shape index (κ3) is 3.41. The van der Waals surface area contributed by atoms with E-state index in [2.05, 4.69) is 26.7 Å². The lowest BCUT2D eigenvalue weighted by molar-refractivity contribution is -0.128. The van der Waals surface area contributed by atoms with Gasteiger partial charge in [0.05, 0.1) is 5.41 Å². The molecular weight excluding hydrogens is 356 g/mol. The molecule has 0 radical (unpaired) electrons. The van der Waals surface area contributed by atoms with Crippen molar-refractivity contribution < 1.29 is 4.79 Å². The fourth-order valence-corrected chi connectivity index (χ4v) is 5.01. The predicted molar refractivity (Wildman–Crippen MR) is 107 cm³/mol. The summed E-state index contributed by atoms with van der Waals surface area (Å²) in [4.78, 5) is 23.3. The molecule has 1 saturated carbocycles. The van der Waals surface area contributed by atoms with Crippen molar-refractivity contribution in [3.8, 4) is 5.82 Å². The van der Waals surface area contributed by atoms with Crippen LogP contribution in [-0.4, -0.2) is 20.4 Å². The molecule has 4 rings (SSSR count). The zero-order chi connectivity index (χ0) is 18.7. The van der Waals surface area contributed by atoms with E-state index >= 15 is 0 Å². The molecule has 140 valence electrons. The van der Waals surface area contributed by atoms with Crippen molar-refractivity contribution >= 4 is 17.2 Å². The number of hydrogen-bond acceptors (Lipinski definition) is 4. The number of imidazole rings is 1. The summed E-state index contributed by atoms with van der Waals surface area (Å²) >= 11 is 1.70. The van der Waals surface area contributed by atoms with Gasteiger partial charge < -0.3 is 5.32 Å². The van der Waals surface area contributed by atoms with E-state index in [0.717, 1.165) is 42.9 Å². The van der Waals surface area contributed by atoms with Crippen molar-refractivity contribution in [1.29, 1.82) is 0 Å². The highest BCUT2D eigenvalue weighted by Gasteiger charge is 2.41. The van der Waals surface area contributed by atoms with Crippen molar-refractivity contribution in [2.45, 2.75) is 51.0 Å². The van der Waals surface area contributed by atoms with Crippen LogP contribution in [-0.2, 0) is 16.8 Å². The van der Waals surface area contributed by atoms with Gasteiger partial charge in [-0.1, -0.05) is 31.4 Å². The van der Waals surface area contributed by atoms with Crippen molar-refractivity contribution in [2.24, 2.45) is 0 Å². The Labute approximate surface area is 163 Å². The van der Waals surface area contributed by atoms with Crippen LogP contribution in [0, 0.1) is 6.92 Å². The molecule has 0 spiro atoms. The quantitative estimate of drug-likeness (QED) is 0.723. The van der Waals surface area contributed by atoms with Crippen LogP contribution in [0.25, 0.3) is 5.82 Å². The van der Waals surface area contributed by atoms with Gasteiger partial charge in [0, 0.05) is 35.6 Å². The molecular formula is C21H24N4OS. The Morgan fingerprint density at radius 3 is 2.74 bits per heavy atom. The number of aryl methyl sites for hydroxylation is 1. The number of rotatable bonds is 5. The van der Waals surface area contributed by atoms with E-state index < -0.39 is 0 Å². The normalized spacial score (nSPS) is 16.2. The van der Waals surface area contributed by atoms with Crippen LogP contribution in [0.2, 0.25) is 0 Å². The number of aromatic nitrogens is 3. The van der Waals surface area contributed by atoms with Crippen LogP contribution < -0.4 is 5.32 Å². The lowest BCUT2D eigenvalue weighted by Crippen LogP contribution is -2.45. The number of carbonyl (C=O) groups is 1. The number of carbonyl (C=O) groups excluding carboxylic acids is 1. The summed E-state index contributed by atoms with van der Waals surface area (Å²) in [5.74, 6) is 1.84. The molecule has 1 aliphatic rings. The summed E-state index contributed by atoms with van der Waals surface area (Å²) in [6.45, 7) is 2.41. The highest BCUT2D eigenvalue weighted by Crippen LogP contribution is 2.41. The molecule has 1 fully saturated rings. The Balaban J connectivity index is 1.57. The lowest BCUT2D eigenvalue weighted by Gasteiger charge is -2.35. The molecule has 5 nitrogen and oxygen atoms in total. The van der Waals surface area contributed by atoms with E-state index in [4.69, 9.17) is 0 Å². The van der Waals surface area contributed by atoms with E-state index in [1.54, 1.807) is 23.7 Å². The van der Waals surface area contributed by atoms with E-state index in [-0.39, 0.29) is 11.3 Å². The predicted octanol–water partition coefficient (Wildman–Crippen LogP) is 4.16. The van der Waals surface area contributed by atoms with Crippen molar-refractivity contribution in [2.75, 3.05) is 0 Å². The smallest absolute Gasteiger partial charge is 0.231 e. The Morgan fingerprint density at radius 2 is 2.04 bits per heavy atom. The molecule has 3 aromatic rings. The highest BCUT2D eigenvalue weighted by atomic mass is 32.1. The summed E-state index contributed by atoms with van der Waals surface area (Å²) in [7, 11) is 0. The molecule has 27 heavy (non-hydrogen) atoms. The molecule has 0 bridgehead atoms. The van der Waals surface area contributed by atoms with Crippen LogP contribution in [0.1, 0.15) is 48.4 Å². The van der Waals surface area contributed by atoms with Crippen LogP contribution in [0.5, 0.6) is 0 Å². The first-order valence-electron chi connectivity index (χ1n) is 9.47. The maximum Gasteiger partial charge on any atom is 0.231 e. The molecule has 3 heterocycles. The minimum atomic E-state index is -0.375. The van der Waals surface area contributed by atoms with E-state index in [9.17, 15) is 4.79 Å². The first-order valence-corrected chi connectivity index (χ1v) is 10.4. The minimum absolute atomic E-state index is 0.141. The molecule has 0 unspecified atom stereocenters. The minimum Gasteiger partial charge on any atom is -0.351 e. The number of nitrogens with one attached hydrogen (secondary N) is 1. The fourth-order valence-electron chi connectivity index (χ4n) is 4.02. The first-order chi connectivity index (χ1) is 13.2. The summed E-state index contributed by atoms with van der Waals surface area (Å²) < 4.78 is 1.96. The second-order valence-electron chi connectivity index (χ2n) is 7.13. The van der Waals surface area contributed by atoms with Crippen LogP contribution >= 0.6 is 11.3 Å². The van der Waals surface area contributed by atoms with Crippen molar-refractivity contribution in [3.05, 3.63) is 64.5 Å². The first kappa shape index (κ1) is 17.9. The molecule has 0 saturated heterocycles. The number of amides is 1. The third-order valence-electron chi connectivity index (χ3n) is 5.50. The Bertz CT molecular complexity index is 910. The van der Waals surface area contributed by atoms with Crippen LogP contribution in [0.4, 0.5) is 0 Å². The Morgan fingerprint density at radius 1 is 1.19 bits per heavy atom. The number of thiophene rings is 1. The topological polar surface area (TPSA) is 59.8 Å². The molecule has 0 atom stereocenters. The maximum atomic E-state index is 13.3. The summed E-state index contributed by atoms with van der Waals surface area (Å²) in [6, 6.07) is 8.08. The van der Waals surface area contributed by atoms with Gasteiger partial charge in [-0.3, -0.25) is 9.36 Å². The zero-order valence-electron chi connectivity index (χ0n) is 15.5. The van der Waals surface area contributed by atoms with Gasteiger partial charge >= 0.3 is 0 Å². The van der Waals surface area contributed by atoms with Crippen molar-refractivity contribution in [3.63, 3.8) is 0 Å². The molecule has 0 aromatic carbocycles. The molecule has 0 aliphatic heterocycles. The maximum absolute atomic E-state index is 13.3. The summed E-state index contributed by atoms with van der Waals surface area (Å²) in [6.07, 6.45) is 10.7. The van der Waals surface area contributed by atoms with E-state index in [1.165, 1.54) is 11.3 Å². The third-order valence-corrected chi connectivity index (χ3v) is 6.57. The number of nitrogens with zero attached hydrogens (tertiary/aromatic N) is 3. The largest absolute Gasteiger partial charge is 0.351 e. The summed E-state index contributed by atoms with van der Waals surface area (Å²) in [5, 5.41) is 5.28. The highest BCUT2D eigenvalue weighted by molar-refractivity contribution is 7.10. The van der Waals surface area contributed by atoms with Gasteiger partial charge in [-0.25, -0.2) is 9.97 Å². The van der Waals surface area contributed by atoms with E-state index in [0.29, 0.717) is 6.54 Å². The van der Waals surface area contributed by atoms with Gasteiger partial charge in [-0.15, -0.1) is 11.3 Å². The standard InChI is InChI=1S/C21H24N4OS/c1-16-22-12-13-25(16)19-17(7-5-11-23-19)15-24-20(26)21(9-3-2-4-10-21)18-8-6-14-27-18/h5-8,11-14H,2-4,9-10,15H2,1H3,(H,24,26). The molecule has 1 N–H and O–H groups in total. The molecule has 1 amide bonds.